The smallest absolute Gasteiger partial charge is 0.338 e. The molecule has 0 fully saturated rings. The Morgan fingerprint density at radius 1 is 1.50 bits per heavy atom. The molecule has 0 aromatic heterocycles. The second kappa shape index (κ2) is 3.70. The Morgan fingerprint density at radius 3 is 3.14 bits per heavy atom. The van der Waals surface area contributed by atoms with Crippen molar-refractivity contribution in [2.24, 2.45) is 0 Å². The van der Waals surface area contributed by atoms with Gasteiger partial charge in [-0.05, 0) is 30.5 Å². The summed E-state index contributed by atoms with van der Waals surface area (Å²) in [6.45, 7) is 0.984. The van der Waals surface area contributed by atoms with Crippen LogP contribution in [0.2, 0.25) is 0 Å². The number of anilines is 1. The Hall–Kier alpha value is -1.51. The molecule has 2 rings (SSSR count). The Morgan fingerprint density at radius 2 is 2.36 bits per heavy atom. The van der Waals surface area contributed by atoms with Gasteiger partial charge >= 0.3 is 5.97 Å². The van der Waals surface area contributed by atoms with E-state index in [2.05, 4.69) is 5.32 Å². The van der Waals surface area contributed by atoms with Crippen LogP contribution >= 0.6 is 0 Å². The van der Waals surface area contributed by atoms with Crippen molar-refractivity contribution in [3.8, 4) is 0 Å². The van der Waals surface area contributed by atoms with Gasteiger partial charge in [-0.2, -0.15) is 0 Å². The molecule has 0 saturated heterocycles. The molecule has 1 aromatic carbocycles. The van der Waals surface area contributed by atoms with Crippen LogP contribution in [0.4, 0.5) is 5.69 Å². The number of rotatable bonds is 1. The molecule has 14 heavy (non-hydrogen) atoms. The summed E-state index contributed by atoms with van der Waals surface area (Å²) in [5, 5.41) is 3.27. The second-order valence-electron chi connectivity index (χ2n) is 3.35. The highest BCUT2D eigenvalue weighted by Gasteiger charge is 2.17. The maximum atomic E-state index is 11.4. The van der Waals surface area contributed by atoms with Crippen molar-refractivity contribution in [2.45, 2.75) is 12.8 Å². The number of fused-ring (bicyclic) bond motifs is 1. The summed E-state index contributed by atoms with van der Waals surface area (Å²) in [4.78, 5) is 11.4. The van der Waals surface area contributed by atoms with Crippen LogP contribution in [0.1, 0.15) is 22.3 Å². The zero-order chi connectivity index (χ0) is 9.97. The molecular weight excluding hydrogens is 178 g/mol. The van der Waals surface area contributed by atoms with E-state index < -0.39 is 0 Å². The number of carbonyl (C=O) groups excluding carboxylic acids is 1. The fraction of sp³-hybridized carbons (Fsp3) is 0.364. The molecule has 0 aliphatic carbocycles. The van der Waals surface area contributed by atoms with E-state index in [4.69, 9.17) is 4.74 Å². The number of methoxy groups -OCH3 is 1. The zero-order valence-corrected chi connectivity index (χ0v) is 8.17. The Bertz CT molecular complexity index is 360. The molecule has 3 heteroatoms. The first-order valence-corrected chi connectivity index (χ1v) is 4.77. The van der Waals surface area contributed by atoms with Crippen molar-refractivity contribution in [2.75, 3.05) is 19.0 Å². The molecule has 1 N–H and O–H groups in total. The van der Waals surface area contributed by atoms with E-state index in [0.29, 0.717) is 5.56 Å². The number of nitrogens with one attached hydrogen (secondary N) is 1. The normalized spacial score (nSPS) is 14.1. The Labute approximate surface area is 83.1 Å². The lowest BCUT2D eigenvalue weighted by Gasteiger charge is -2.19. The number of ether oxygens (including phenoxy) is 1. The second-order valence-corrected chi connectivity index (χ2v) is 3.35. The minimum atomic E-state index is -0.245. The van der Waals surface area contributed by atoms with E-state index in [1.807, 2.05) is 18.2 Å². The van der Waals surface area contributed by atoms with Gasteiger partial charge in [0.15, 0.2) is 0 Å². The summed E-state index contributed by atoms with van der Waals surface area (Å²) < 4.78 is 4.74. The lowest BCUT2D eigenvalue weighted by Crippen LogP contribution is -2.16. The van der Waals surface area contributed by atoms with Crippen molar-refractivity contribution in [1.29, 1.82) is 0 Å². The molecule has 1 aromatic rings. The average molecular weight is 191 g/mol. The fourth-order valence-corrected chi connectivity index (χ4v) is 1.81. The molecule has 0 amide bonds. The number of hydrogen-bond donors (Lipinski definition) is 1. The molecule has 0 radical (unpaired) electrons. The van der Waals surface area contributed by atoms with Gasteiger partial charge in [0.2, 0.25) is 0 Å². The first-order chi connectivity index (χ1) is 6.83. The number of hydrogen-bond acceptors (Lipinski definition) is 3. The number of benzene rings is 1. The molecule has 0 spiro atoms. The molecule has 0 saturated carbocycles. The standard InChI is InChI=1S/C11H13NO2/c1-14-11(13)9-4-2-6-10-8(9)5-3-7-12-10/h2,4,6,12H,3,5,7H2,1H3. The van der Waals surface area contributed by atoms with E-state index in [1.54, 1.807) is 0 Å². The highest BCUT2D eigenvalue weighted by molar-refractivity contribution is 5.93. The summed E-state index contributed by atoms with van der Waals surface area (Å²) in [6, 6.07) is 5.70. The third-order valence-corrected chi connectivity index (χ3v) is 2.50. The van der Waals surface area contributed by atoms with E-state index in [1.165, 1.54) is 7.11 Å². The molecule has 0 unspecified atom stereocenters. The van der Waals surface area contributed by atoms with Gasteiger partial charge in [-0.3, -0.25) is 0 Å². The molecule has 1 heterocycles. The van der Waals surface area contributed by atoms with Gasteiger partial charge in [-0.15, -0.1) is 0 Å². The van der Waals surface area contributed by atoms with Gasteiger partial charge in [0, 0.05) is 12.2 Å². The number of carbonyl (C=O) groups is 1. The molecule has 0 atom stereocenters. The lowest BCUT2D eigenvalue weighted by molar-refractivity contribution is 0.0599. The van der Waals surface area contributed by atoms with Gasteiger partial charge in [0.25, 0.3) is 0 Å². The highest BCUT2D eigenvalue weighted by Crippen LogP contribution is 2.25. The summed E-state index contributed by atoms with van der Waals surface area (Å²) in [7, 11) is 1.41. The van der Waals surface area contributed by atoms with Crippen LogP contribution < -0.4 is 5.32 Å². The summed E-state index contributed by atoms with van der Waals surface area (Å²) in [5.41, 5.74) is 2.85. The van der Waals surface area contributed by atoms with Crippen molar-refractivity contribution < 1.29 is 9.53 Å². The van der Waals surface area contributed by atoms with Crippen LogP contribution in [0.5, 0.6) is 0 Å². The Balaban J connectivity index is 2.45. The van der Waals surface area contributed by atoms with Crippen LogP contribution in [0, 0.1) is 0 Å². The topological polar surface area (TPSA) is 38.3 Å². The first-order valence-electron chi connectivity index (χ1n) is 4.77. The van der Waals surface area contributed by atoms with E-state index >= 15 is 0 Å². The minimum absolute atomic E-state index is 0.245. The van der Waals surface area contributed by atoms with Crippen LogP contribution in [0.25, 0.3) is 0 Å². The molecule has 74 valence electrons. The first kappa shape index (κ1) is 9.06. The third-order valence-electron chi connectivity index (χ3n) is 2.50. The highest BCUT2D eigenvalue weighted by atomic mass is 16.5. The van der Waals surface area contributed by atoms with Crippen LogP contribution in [-0.2, 0) is 11.2 Å². The molecule has 0 bridgehead atoms. The van der Waals surface area contributed by atoms with Crippen LogP contribution in [-0.4, -0.2) is 19.6 Å². The SMILES string of the molecule is COC(=O)c1cccc2c1CCCN2. The van der Waals surface area contributed by atoms with Crippen molar-refractivity contribution in [3.05, 3.63) is 29.3 Å². The van der Waals surface area contributed by atoms with Crippen molar-refractivity contribution >= 4 is 11.7 Å². The van der Waals surface area contributed by atoms with Gasteiger partial charge in [0.1, 0.15) is 0 Å². The monoisotopic (exact) mass is 191 g/mol. The fourth-order valence-electron chi connectivity index (χ4n) is 1.81. The predicted molar refractivity (Wildman–Crippen MR) is 54.6 cm³/mol. The quantitative estimate of drug-likeness (QED) is 0.688. The maximum absolute atomic E-state index is 11.4. The Kier molecular flexibility index (Phi) is 2.39. The van der Waals surface area contributed by atoms with Crippen LogP contribution in [0.15, 0.2) is 18.2 Å². The lowest BCUT2D eigenvalue weighted by atomic mass is 9.98. The van der Waals surface area contributed by atoms with Gasteiger partial charge in [-0.25, -0.2) is 4.79 Å². The molecule has 1 aliphatic heterocycles. The zero-order valence-electron chi connectivity index (χ0n) is 8.17. The van der Waals surface area contributed by atoms with Crippen LogP contribution in [0.3, 0.4) is 0 Å². The largest absolute Gasteiger partial charge is 0.465 e. The predicted octanol–water partition coefficient (Wildman–Crippen LogP) is 1.83. The van der Waals surface area contributed by atoms with E-state index in [9.17, 15) is 4.79 Å². The summed E-state index contributed by atoms with van der Waals surface area (Å²) in [6.07, 6.45) is 2.02. The summed E-state index contributed by atoms with van der Waals surface area (Å²) in [5.74, 6) is -0.245. The third kappa shape index (κ3) is 1.45. The van der Waals surface area contributed by atoms with Gasteiger partial charge in [0.05, 0.1) is 12.7 Å². The van der Waals surface area contributed by atoms with Crippen molar-refractivity contribution in [1.82, 2.24) is 0 Å². The average Bonchev–Trinajstić information content (AvgIpc) is 2.27. The van der Waals surface area contributed by atoms with E-state index in [0.717, 1.165) is 30.6 Å². The minimum Gasteiger partial charge on any atom is -0.465 e. The van der Waals surface area contributed by atoms with E-state index in [-0.39, 0.29) is 5.97 Å². The van der Waals surface area contributed by atoms with Gasteiger partial charge in [-0.1, -0.05) is 6.07 Å². The molecular formula is C11H13NO2. The molecule has 3 nitrogen and oxygen atoms in total. The molecule has 1 aliphatic rings. The maximum Gasteiger partial charge on any atom is 0.338 e. The van der Waals surface area contributed by atoms with Gasteiger partial charge < -0.3 is 10.1 Å². The van der Waals surface area contributed by atoms with Crippen molar-refractivity contribution in [3.63, 3.8) is 0 Å². The summed E-state index contributed by atoms with van der Waals surface area (Å²) >= 11 is 0. The number of esters is 1.